The quantitative estimate of drug-likeness (QED) is 0.752. The molecule has 2 amide bonds. The lowest BCUT2D eigenvalue weighted by atomic mass is 10.00. The number of carbonyl (C=O) groups is 2. The second kappa shape index (κ2) is 7.01. The molecule has 0 aliphatic carbocycles. The second-order valence-corrected chi connectivity index (χ2v) is 4.59. The van der Waals surface area contributed by atoms with Crippen molar-refractivity contribution in [3.8, 4) is 5.75 Å². The van der Waals surface area contributed by atoms with Gasteiger partial charge in [0.05, 0.1) is 5.69 Å². The van der Waals surface area contributed by atoms with Crippen LogP contribution in [0.4, 0.5) is 23.7 Å². The molecule has 0 aliphatic rings. The first kappa shape index (κ1) is 17.6. The number of carboxylic acid groups (broad SMARTS) is 1. The molecule has 0 fully saturated rings. The van der Waals surface area contributed by atoms with E-state index in [4.69, 9.17) is 5.11 Å². The molecule has 0 aromatic heterocycles. The van der Waals surface area contributed by atoms with Crippen molar-refractivity contribution in [2.45, 2.75) is 32.4 Å². The third-order valence-corrected chi connectivity index (χ3v) is 2.98. The van der Waals surface area contributed by atoms with Gasteiger partial charge in [-0.3, -0.25) is 0 Å². The van der Waals surface area contributed by atoms with Crippen molar-refractivity contribution >= 4 is 17.7 Å². The Kier molecular flexibility index (Phi) is 5.61. The Morgan fingerprint density at radius 1 is 1.41 bits per heavy atom. The number of anilines is 1. The number of nitrogens with one attached hydrogen (secondary N) is 2. The van der Waals surface area contributed by atoms with Gasteiger partial charge in [0, 0.05) is 6.07 Å². The molecule has 1 aromatic carbocycles. The minimum atomic E-state index is -3.10. The normalized spacial score (nSPS) is 13.4. The highest BCUT2D eigenvalue weighted by Crippen LogP contribution is 2.22. The van der Waals surface area contributed by atoms with Crippen molar-refractivity contribution in [3.05, 3.63) is 24.0 Å². The summed E-state index contributed by atoms with van der Waals surface area (Å²) < 4.78 is 41.6. The topological polar surface area (TPSA) is 87.7 Å². The Morgan fingerprint density at radius 2 is 2.05 bits per heavy atom. The molecule has 9 heteroatoms. The van der Waals surface area contributed by atoms with E-state index in [2.05, 4.69) is 15.4 Å². The van der Waals surface area contributed by atoms with Gasteiger partial charge in [0.2, 0.25) is 0 Å². The summed E-state index contributed by atoms with van der Waals surface area (Å²) in [5.41, 5.74) is -1.82. The Labute approximate surface area is 124 Å². The number of benzene rings is 1. The van der Waals surface area contributed by atoms with E-state index in [0.29, 0.717) is 6.07 Å². The number of carbonyl (C=O) groups excluding carboxylic acids is 1. The number of halogens is 3. The fraction of sp³-hybridized carbons (Fsp3) is 0.385. The molecule has 1 atom stereocenters. The van der Waals surface area contributed by atoms with E-state index < -0.39 is 35.7 Å². The van der Waals surface area contributed by atoms with Crippen LogP contribution < -0.4 is 15.4 Å². The predicted octanol–water partition coefficient (Wildman–Crippen LogP) is 2.80. The molecule has 122 valence electrons. The van der Waals surface area contributed by atoms with Crippen LogP contribution in [0.3, 0.4) is 0 Å². The third-order valence-electron chi connectivity index (χ3n) is 2.98. The Morgan fingerprint density at radius 3 is 2.50 bits per heavy atom. The van der Waals surface area contributed by atoms with Gasteiger partial charge >= 0.3 is 18.6 Å². The van der Waals surface area contributed by atoms with Crippen molar-refractivity contribution in [2.24, 2.45) is 0 Å². The molecule has 0 spiro atoms. The van der Waals surface area contributed by atoms with Gasteiger partial charge < -0.3 is 20.5 Å². The van der Waals surface area contributed by atoms with E-state index in [0.717, 1.165) is 12.1 Å². The predicted molar refractivity (Wildman–Crippen MR) is 71.5 cm³/mol. The SMILES string of the molecule is CCC(C)(NC(=O)Nc1ccc(OC(F)F)cc1F)C(=O)O. The van der Waals surface area contributed by atoms with Crippen LogP contribution in [0.15, 0.2) is 18.2 Å². The molecule has 6 nitrogen and oxygen atoms in total. The zero-order valence-corrected chi connectivity index (χ0v) is 11.8. The van der Waals surface area contributed by atoms with Crippen LogP contribution in [0, 0.1) is 5.82 Å². The maximum absolute atomic E-state index is 13.7. The van der Waals surface area contributed by atoms with Gasteiger partial charge in [0.15, 0.2) is 0 Å². The maximum Gasteiger partial charge on any atom is 0.387 e. The molecule has 0 saturated carbocycles. The van der Waals surface area contributed by atoms with Crippen LogP contribution in [0.1, 0.15) is 20.3 Å². The van der Waals surface area contributed by atoms with Gasteiger partial charge in [-0.1, -0.05) is 6.92 Å². The van der Waals surface area contributed by atoms with Crippen LogP contribution in [-0.2, 0) is 4.79 Å². The molecule has 0 saturated heterocycles. The zero-order chi connectivity index (χ0) is 16.9. The molecule has 0 aliphatic heterocycles. The minimum Gasteiger partial charge on any atom is -0.480 e. The highest BCUT2D eigenvalue weighted by Gasteiger charge is 2.32. The summed E-state index contributed by atoms with van der Waals surface area (Å²) in [6, 6.07) is 1.81. The Balaban J connectivity index is 2.78. The molecular weight excluding hydrogens is 305 g/mol. The highest BCUT2D eigenvalue weighted by atomic mass is 19.3. The zero-order valence-electron chi connectivity index (χ0n) is 11.8. The lowest BCUT2D eigenvalue weighted by Crippen LogP contribution is -2.53. The Bertz CT molecular complexity index is 568. The summed E-state index contributed by atoms with van der Waals surface area (Å²) in [7, 11) is 0. The summed E-state index contributed by atoms with van der Waals surface area (Å²) in [5.74, 6) is -2.64. The van der Waals surface area contributed by atoms with Crippen molar-refractivity contribution in [3.63, 3.8) is 0 Å². The number of alkyl halides is 2. The third kappa shape index (κ3) is 4.54. The van der Waals surface area contributed by atoms with Crippen molar-refractivity contribution < 1.29 is 32.6 Å². The van der Waals surface area contributed by atoms with E-state index in [1.807, 2.05) is 0 Å². The average molecular weight is 320 g/mol. The molecular formula is C13H15F3N2O4. The fourth-order valence-electron chi connectivity index (χ4n) is 1.47. The van der Waals surface area contributed by atoms with Crippen LogP contribution in [-0.4, -0.2) is 29.3 Å². The van der Waals surface area contributed by atoms with E-state index in [1.54, 1.807) is 6.92 Å². The number of carboxylic acids is 1. The van der Waals surface area contributed by atoms with E-state index in [9.17, 15) is 22.8 Å². The second-order valence-electron chi connectivity index (χ2n) is 4.59. The molecule has 0 radical (unpaired) electrons. The monoisotopic (exact) mass is 320 g/mol. The summed E-state index contributed by atoms with van der Waals surface area (Å²) in [6.45, 7) is -0.238. The number of aliphatic carboxylic acids is 1. The highest BCUT2D eigenvalue weighted by molar-refractivity contribution is 5.93. The summed E-state index contributed by atoms with van der Waals surface area (Å²) in [4.78, 5) is 22.8. The van der Waals surface area contributed by atoms with Gasteiger partial charge in [-0.2, -0.15) is 8.78 Å². The molecule has 3 N–H and O–H groups in total. The molecule has 1 rings (SSSR count). The van der Waals surface area contributed by atoms with Gasteiger partial charge in [0.1, 0.15) is 17.1 Å². The van der Waals surface area contributed by atoms with Gasteiger partial charge in [-0.25, -0.2) is 14.0 Å². The number of amides is 2. The average Bonchev–Trinajstić information content (AvgIpc) is 2.40. The molecule has 1 unspecified atom stereocenters. The first-order chi connectivity index (χ1) is 10.2. The van der Waals surface area contributed by atoms with Crippen molar-refractivity contribution in [1.29, 1.82) is 0 Å². The van der Waals surface area contributed by atoms with Crippen LogP contribution in [0.2, 0.25) is 0 Å². The lowest BCUT2D eigenvalue weighted by Gasteiger charge is -2.24. The smallest absolute Gasteiger partial charge is 0.387 e. The van der Waals surface area contributed by atoms with E-state index >= 15 is 0 Å². The standard InChI is InChI=1S/C13H15F3N2O4/c1-3-13(2,10(19)20)18-12(21)17-9-5-4-7(6-8(9)14)22-11(15)16/h4-6,11H,3H2,1-2H3,(H,19,20)(H2,17,18,21). The summed E-state index contributed by atoms with van der Waals surface area (Å²) >= 11 is 0. The van der Waals surface area contributed by atoms with Crippen LogP contribution in [0.5, 0.6) is 5.75 Å². The lowest BCUT2D eigenvalue weighted by molar-refractivity contribution is -0.143. The largest absolute Gasteiger partial charge is 0.480 e. The Hall–Kier alpha value is -2.45. The van der Waals surface area contributed by atoms with Gasteiger partial charge in [-0.15, -0.1) is 0 Å². The van der Waals surface area contributed by atoms with E-state index in [-0.39, 0.29) is 12.1 Å². The molecule has 22 heavy (non-hydrogen) atoms. The first-order valence-corrected chi connectivity index (χ1v) is 6.25. The number of hydrogen-bond donors (Lipinski definition) is 3. The van der Waals surface area contributed by atoms with Crippen molar-refractivity contribution in [1.82, 2.24) is 5.32 Å². The van der Waals surface area contributed by atoms with Crippen molar-refractivity contribution in [2.75, 3.05) is 5.32 Å². The molecule has 0 bridgehead atoms. The maximum atomic E-state index is 13.7. The summed E-state index contributed by atoms with van der Waals surface area (Å²) in [6.07, 6.45) is 0.111. The number of urea groups is 1. The number of hydrogen-bond acceptors (Lipinski definition) is 3. The minimum absolute atomic E-state index is 0.111. The molecule has 0 heterocycles. The summed E-state index contributed by atoms with van der Waals surface area (Å²) in [5, 5.41) is 13.3. The number of rotatable bonds is 6. The fourth-order valence-corrected chi connectivity index (χ4v) is 1.47. The first-order valence-electron chi connectivity index (χ1n) is 6.25. The van der Waals surface area contributed by atoms with Gasteiger partial charge in [-0.05, 0) is 25.5 Å². The van der Waals surface area contributed by atoms with Crippen LogP contribution in [0.25, 0.3) is 0 Å². The number of ether oxygens (including phenoxy) is 1. The molecule has 1 aromatic rings. The van der Waals surface area contributed by atoms with Gasteiger partial charge in [0.25, 0.3) is 0 Å². The van der Waals surface area contributed by atoms with Crippen LogP contribution >= 0.6 is 0 Å². The van der Waals surface area contributed by atoms with E-state index in [1.165, 1.54) is 6.92 Å².